The summed E-state index contributed by atoms with van der Waals surface area (Å²) >= 11 is 6.00. The summed E-state index contributed by atoms with van der Waals surface area (Å²) in [5, 5.41) is 0.613. The van der Waals surface area contributed by atoms with Gasteiger partial charge < -0.3 is 4.90 Å². The first-order valence-corrected chi connectivity index (χ1v) is 9.18. The van der Waals surface area contributed by atoms with E-state index in [0.29, 0.717) is 10.6 Å². The lowest BCUT2D eigenvalue weighted by molar-refractivity contribution is 0.0742. The second-order valence-electron chi connectivity index (χ2n) is 5.38. The molecular weight excluding hydrogens is 348 g/mol. The standard InChI is InChI=1S/C17H19ClN2O3S/c1-12(14-5-4-6-15(18)11-14)20(3)17(21)13-7-9-16(10-8-13)24(22,23)19-2/h4-12,19H,1-3H3. The van der Waals surface area contributed by atoms with Gasteiger partial charge in [0.2, 0.25) is 10.0 Å². The largest absolute Gasteiger partial charge is 0.335 e. The molecule has 0 aromatic heterocycles. The van der Waals surface area contributed by atoms with Gasteiger partial charge in [0, 0.05) is 17.6 Å². The maximum Gasteiger partial charge on any atom is 0.254 e. The molecule has 2 rings (SSSR count). The van der Waals surface area contributed by atoms with Gasteiger partial charge in [-0.3, -0.25) is 4.79 Å². The van der Waals surface area contributed by atoms with E-state index in [-0.39, 0.29) is 16.8 Å². The minimum absolute atomic E-state index is 0.118. The number of carbonyl (C=O) groups excluding carboxylic acids is 1. The van der Waals surface area contributed by atoms with Gasteiger partial charge in [-0.15, -0.1) is 0 Å². The highest BCUT2D eigenvalue weighted by molar-refractivity contribution is 7.89. The second kappa shape index (κ2) is 7.34. The molecule has 0 radical (unpaired) electrons. The van der Waals surface area contributed by atoms with Gasteiger partial charge in [0.1, 0.15) is 0 Å². The average Bonchev–Trinajstić information content (AvgIpc) is 2.60. The summed E-state index contributed by atoms with van der Waals surface area (Å²) in [6, 6.07) is 13.0. The summed E-state index contributed by atoms with van der Waals surface area (Å²) in [6.45, 7) is 1.91. The highest BCUT2D eigenvalue weighted by Crippen LogP contribution is 2.23. The van der Waals surface area contributed by atoms with Gasteiger partial charge in [0.15, 0.2) is 0 Å². The van der Waals surface area contributed by atoms with Crippen molar-refractivity contribution >= 4 is 27.5 Å². The van der Waals surface area contributed by atoms with Crippen molar-refractivity contribution in [3.8, 4) is 0 Å². The predicted octanol–water partition coefficient (Wildman–Crippen LogP) is 3.08. The van der Waals surface area contributed by atoms with Crippen LogP contribution in [0.15, 0.2) is 53.4 Å². The number of hydrogen-bond donors (Lipinski definition) is 1. The van der Waals surface area contributed by atoms with Gasteiger partial charge in [-0.05, 0) is 55.9 Å². The van der Waals surface area contributed by atoms with E-state index in [4.69, 9.17) is 11.6 Å². The summed E-state index contributed by atoms with van der Waals surface area (Å²) < 4.78 is 25.7. The molecule has 0 aliphatic carbocycles. The van der Waals surface area contributed by atoms with Crippen LogP contribution in [0.5, 0.6) is 0 Å². The monoisotopic (exact) mass is 366 g/mol. The second-order valence-corrected chi connectivity index (χ2v) is 7.70. The fourth-order valence-corrected chi connectivity index (χ4v) is 3.19. The average molecular weight is 367 g/mol. The van der Waals surface area contributed by atoms with E-state index in [9.17, 15) is 13.2 Å². The molecule has 0 bridgehead atoms. The van der Waals surface area contributed by atoms with Crippen molar-refractivity contribution in [2.45, 2.75) is 17.9 Å². The third-order valence-electron chi connectivity index (χ3n) is 3.91. The number of sulfonamides is 1. The van der Waals surface area contributed by atoms with Gasteiger partial charge >= 0.3 is 0 Å². The Bertz CT molecular complexity index is 835. The lowest BCUT2D eigenvalue weighted by Gasteiger charge is -2.25. The highest BCUT2D eigenvalue weighted by atomic mass is 35.5. The number of hydrogen-bond acceptors (Lipinski definition) is 3. The molecule has 2 aromatic rings. The van der Waals surface area contributed by atoms with Gasteiger partial charge in [-0.1, -0.05) is 23.7 Å². The number of nitrogens with one attached hydrogen (secondary N) is 1. The molecule has 128 valence electrons. The maximum atomic E-state index is 12.6. The zero-order valence-corrected chi connectivity index (χ0v) is 15.2. The Kier molecular flexibility index (Phi) is 5.64. The normalized spacial score (nSPS) is 12.7. The predicted molar refractivity (Wildman–Crippen MR) is 94.6 cm³/mol. The van der Waals surface area contributed by atoms with Crippen molar-refractivity contribution < 1.29 is 13.2 Å². The molecule has 2 aromatic carbocycles. The molecule has 5 nitrogen and oxygen atoms in total. The van der Waals surface area contributed by atoms with E-state index >= 15 is 0 Å². The minimum atomic E-state index is -3.51. The Morgan fingerprint density at radius 2 is 1.79 bits per heavy atom. The first-order valence-electron chi connectivity index (χ1n) is 7.32. The molecule has 7 heteroatoms. The van der Waals surface area contributed by atoms with Crippen LogP contribution in [0.3, 0.4) is 0 Å². The number of nitrogens with zero attached hydrogens (tertiary/aromatic N) is 1. The molecule has 1 N–H and O–H groups in total. The summed E-state index contributed by atoms with van der Waals surface area (Å²) in [7, 11) is -0.472. The van der Waals surface area contributed by atoms with Crippen LogP contribution in [0, 0.1) is 0 Å². The number of benzene rings is 2. The van der Waals surface area contributed by atoms with E-state index in [1.165, 1.54) is 31.3 Å². The number of amides is 1. The quantitative estimate of drug-likeness (QED) is 0.884. The zero-order chi connectivity index (χ0) is 17.9. The SMILES string of the molecule is CNS(=O)(=O)c1ccc(C(=O)N(C)C(C)c2cccc(Cl)c2)cc1. The number of halogens is 1. The summed E-state index contributed by atoms with van der Waals surface area (Å²) in [5.74, 6) is -0.198. The van der Waals surface area contributed by atoms with Crippen LogP contribution in [-0.2, 0) is 10.0 Å². The van der Waals surface area contributed by atoms with Crippen molar-refractivity contribution in [1.82, 2.24) is 9.62 Å². The van der Waals surface area contributed by atoms with Crippen LogP contribution >= 0.6 is 11.6 Å². The van der Waals surface area contributed by atoms with Crippen molar-refractivity contribution in [3.63, 3.8) is 0 Å². The molecular formula is C17H19ClN2O3S. The van der Waals surface area contributed by atoms with Crippen molar-refractivity contribution in [2.75, 3.05) is 14.1 Å². The van der Waals surface area contributed by atoms with Gasteiger partial charge in [0.25, 0.3) is 5.91 Å². The molecule has 0 aliphatic rings. The Morgan fingerprint density at radius 3 is 2.33 bits per heavy atom. The van der Waals surface area contributed by atoms with Crippen LogP contribution in [0.4, 0.5) is 0 Å². The van der Waals surface area contributed by atoms with E-state index < -0.39 is 10.0 Å². The fraction of sp³-hybridized carbons (Fsp3) is 0.235. The zero-order valence-electron chi connectivity index (χ0n) is 13.7. The van der Waals surface area contributed by atoms with E-state index in [1.807, 2.05) is 25.1 Å². The van der Waals surface area contributed by atoms with Gasteiger partial charge in [0.05, 0.1) is 10.9 Å². The molecule has 0 aliphatic heterocycles. The molecule has 1 amide bonds. The molecule has 0 fully saturated rings. The van der Waals surface area contributed by atoms with Crippen LogP contribution in [0.25, 0.3) is 0 Å². The Labute approximate surface area is 147 Å². The molecule has 1 atom stereocenters. The van der Waals surface area contributed by atoms with Crippen LogP contribution in [0.1, 0.15) is 28.9 Å². The summed E-state index contributed by atoms with van der Waals surface area (Å²) in [4.78, 5) is 14.3. The van der Waals surface area contributed by atoms with E-state index in [0.717, 1.165) is 5.56 Å². The molecule has 0 saturated heterocycles. The first kappa shape index (κ1) is 18.4. The van der Waals surface area contributed by atoms with Gasteiger partial charge in [-0.2, -0.15) is 0 Å². The summed E-state index contributed by atoms with van der Waals surface area (Å²) in [6.07, 6.45) is 0. The Balaban J connectivity index is 2.22. The van der Waals surface area contributed by atoms with Crippen molar-refractivity contribution in [3.05, 3.63) is 64.7 Å². The van der Waals surface area contributed by atoms with Crippen LogP contribution in [0.2, 0.25) is 5.02 Å². The highest BCUT2D eigenvalue weighted by Gasteiger charge is 2.20. The van der Waals surface area contributed by atoms with Crippen LogP contribution in [-0.4, -0.2) is 33.3 Å². The van der Waals surface area contributed by atoms with E-state index in [1.54, 1.807) is 18.0 Å². The topological polar surface area (TPSA) is 66.5 Å². The molecule has 1 unspecified atom stereocenters. The fourth-order valence-electron chi connectivity index (χ4n) is 2.26. The van der Waals surface area contributed by atoms with Crippen molar-refractivity contribution in [2.24, 2.45) is 0 Å². The third-order valence-corrected chi connectivity index (χ3v) is 5.58. The maximum absolute atomic E-state index is 12.6. The molecule has 24 heavy (non-hydrogen) atoms. The Hall–Kier alpha value is -1.89. The lowest BCUT2D eigenvalue weighted by Crippen LogP contribution is -2.29. The molecule has 0 heterocycles. The van der Waals surface area contributed by atoms with E-state index in [2.05, 4.69) is 4.72 Å². The minimum Gasteiger partial charge on any atom is -0.335 e. The number of rotatable bonds is 5. The number of carbonyl (C=O) groups is 1. The third kappa shape index (κ3) is 3.95. The van der Waals surface area contributed by atoms with Crippen LogP contribution < -0.4 is 4.72 Å². The first-order chi connectivity index (χ1) is 11.3. The molecule has 0 spiro atoms. The molecule has 0 saturated carbocycles. The Morgan fingerprint density at radius 1 is 1.17 bits per heavy atom. The van der Waals surface area contributed by atoms with Gasteiger partial charge in [-0.25, -0.2) is 13.1 Å². The van der Waals surface area contributed by atoms with Crippen molar-refractivity contribution in [1.29, 1.82) is 0 Å². The smallest absolute Gasteiger partial charge is 0.254 e. The lowest BCUT2D eigenvalue weighted by atomic mass is 10.1. The summed E-state index contributed by atoms with van der Waals surface area (Å²) in [5.41, 5.74) is 1.34.